The van der Waals surface area contributed by atoms with Crippen molar-refractivity contribution in [2.45, 2.75) is 19.5 Å². The van der Waals surface area contributed by atoms with Crippen molar-refractivity contribution in [3.8, 4) is 11.1 Å². The van der Waals surface area contributed by atoms with E-state index in [0.29, 0.717) is 28.3 Å². The standard InChI is InChI=1S/C28H24F4N6/c1-4-7-23(12-18(2)28(30,31)32)36-19(3)13-21-10-9-20(14-24(21)29)22-15-33-27(34-16-22)37-25-17-35-38-11-6-5-8-26(25)38/h4-12,14-17,36H,1,3,13H2,2H3,(H,33,34,37)/b18-12+,23-7+. The molecular weight excluding hydrogens is 496 g/mol. The number of nitrogens with one attached hydrogen (secondary N) is 2. The quantitative estimate of drug-likeness (QED) is 0.186. The van der Waals surface area contributed by atoms with Gasteiger partial charge in [0.2, 0.25) is 5.95 Å². The Bertz CT molecular complexity index is 1530. The lowest BCUT2D eigenvalue weighted by atomic mass is 10.0. The zero-order valence-electron chi connectivity index (χ0n) is 20.4. The van der Waals surface area contributed by atoms with Gasteiger partial charge in [-0.25, -0.2) is 18.9 Å². The van der Waals surface area contributed by atoms with Gasteiger partial charge in [-0.05, 0) is 48.4 Å². The molecule has 0 unspecified atom stereocenters. The number of benzene rings is 1. The number of allylic oxidation sites excluding steroid dienone is 5. The highest BCUT2D eigenvalue weighted by molar-refractivity contribution is 5.74. The molecule has 10 heteroatoms. The molecule has 0 radical (unpaired) electrons. The minimum atomic E-state index is -4.46. The number of halogens is 4. The number of aromatic nitrogens is 4. The summed E-state index contributed by atoms with van der Waals surface area (Å²) in [5.41, 5.74) is 2.81. The second kappa shape index (κ2) is 11.1. The summed E-state index contributed by atoms with van der Waals surface area (Å²) in [5, 5.41) is 10.2. The Morgan fingerprint density at radius 2 is 1.84 bits per heavy atom. The maximum atomic E-state index is 14.9. The van der Waals surface area contributed by atoms with Gasteiger partial charge >= 0.3 is 6.18 Å². The highest BCUT2D eigenvalue weighted by Crippen LogP contribution is 2.27. The number of fused-ring (bicyclic) bond motifs is 1. The Hall–Kier alpha value is -4.73. The van der Waals surface area contributed by atoms with Gasteiger partial charge in [0.15, 0.2) is 0 Å². The van der Waals surface area contributed by atoms with Gasteiger partial charge in [0.25, 0.3) is 0 Å². The van der Waals surface area contributed by atoms with Crippen molar-refractivity contribution in [2.24, 2.45) is 0 Å². The number of anilines is 2. The molecule has 0 aliphatic carbocycles. The fourth-order valence-corrected chi connectivity index (χ4v) is 3.61. The maximum Gasteiger partial charge on any atom is 0.412 e. The fourth-order valence-electron chi connectivity index (χ4n) is 3.61. The van der Waals surface area contributed by atoms with E-state index in [1.807, 2.05) is 24.4 Å². The molecule has 194 valence electrons. The number of pyridine rings is 1. The number of nitrogens with zero attached hydrogens (tertiary/aromatic N) is 4. The maximum absolute atomic E-state index is 14.9. The molecular formula is C28H24F4N6. The van der Waals surface area contributed by atoms with E-state index in [1.165, 1.54) is 18.2 Å². The van der Waals surface area contributed by atoms with Crippen LogP contribution >= 0.6 is 0 Å². The second-order valence-electron chi connectivity index (χ2n) is 8.40. The van der Waals surface area contributed by atoms with Crippen LogP contribution in [0.5, 0.6) is 0 Å². The summed E-state index contributed by atoms with van der Waals surface area (Å²) in [5.74, 6) is -0.125. The van der Waals surface area contributed by atoms with Crippen LogP contribution in [0.3, 0.4) is 0 Å². The van der Waals surface area contributed by atoms with Gasteiger partial charge in [-0.1, -0.05) is 37.4 Å². The molecule has 0 aliphatic rings. The van der Waals surface area contributed by atoms with Crippen LogP contribution in [0.1, 0.15) is 12.5 Å². The largest absolute Gasteiger partial charge is 0.412 e. The van der Waals surface area contributed by atoms with Gasteiger partial charge in [-0.3, -0.25) is 0 Å². The van der Waals surface area contributed by atoms with Crippen molar-refractivity contribution < 1.29 is 17.6 Å². The number of hydrogen-bond donors (Lipinski definition) is 2. The average molecular weight is 521 g/mol. The van der Waals surface area contributed by atoms with Crippen LogP contribution in [-0.2, 0) is 6.42 Å². The summed E-state index contributed by atoms with van der Waals surface area (Å²) in [6.07, 6.45) is 5.95. The highest BCUT2D eigenvalue weighted by atomic mass is 19.4. The van der Waals surface area contributed by atoms with Crippen LogP contribution in [-0.4, -0.2) is 25.8 Å². The molecule has 0 aliphatic heterocycles. The minimum absolute atomic E-state index is 0.0680. The molecule has 38 heavy (non-hydrogen) atoms. The predicted octanol–water partition coefficient (Wildman–Crippen LogP) is 6.90. The van der Waals surface area contributed by atoms with Gasteiger partial charge in [-0.2, -0.15) is 18.3 Å². The third-order valence-corrected chi connectivity index (χ3v) is 5.55. The van der Waals surface area contributed by atoms with Crippen LogP contribution in [0.15, 0.2) is 110 Å². The van der Waals surface area contributed by atoms with Crippen LogP contribution in [0.4, 0.5) is 29.2 Å². The van der Waals surface area contributed by atoms with Crippen molar-refractivity contribution >= 4 is 17.2 Å². The average Bonchev–Trinajstić information content (AvgIpc) is 3.28. The normalized spacial score (nSPS) is 12.4. The van der Waals surface area contributed by atoms with Crippen molar-refractivity contribution in [3.05, 3.63) is 121 Å². The fraction of sp³-hybridized carbons (Fsp3) is 0.107. The first kappa shape index (κ1) is 26.3. The first-order chi connectivity index (χ1) is 18.1. The van der Waals surface area contributed by atoms with E-state index in [1.54, 1.807) is 35.2 Å². The zero-order valence-corrected chi connectivity index (χ0v) is 20.4. The Kier molecular flexibility index (Phi) is 7.71. The third kappa shape index (κ3) is 6.33. The third-order valence-electron chi connectivity index (χ3n) is 5.55. The van der Waals surface area contributed by atoms with Gasteiger partial charge in [0, 0.05) is 47.5 Å². The van der Waals surface area contributed by atoms with Gasteiger partial charge in [0.05, 0.1) is 17.4 Å². The molecule has 4 rings (SSSR count). The number of hydrogen-bond acceptors (Lipinski definition) is 5. The van der Waals surface area contributed by atoms with E-state index >= 15 is 0 Å². The molecule has 3 heterocycles. The van der Waals surface area contributed by atoms with E-state index in [-0.39, 0.29) is 12.1 Å². The zero-order chi connectivity index (χ0) is 27.3. The van der Waals surface area contributed by atoms with Crippen LogP contribution in [0, 0.1) is 5.82 Å². The monoisotopic (exact) mass is 520 g/mol. The molecule has 6 nitrogen and oxygen atoms in total. The SMILES string of the molecule is C=C/C=C(\C=C(/C)C(F)(F)F)NC(=C)Cc1ccc(-c2cnc(Nc3cnn4ccccc34)nc2)cc1F. The van der Waals surface area contributed by atoms with Crippen LogP contribution in [0.2, 0.25) is 0 Å². The van der Waals surface area contributed by atoms with Crippen molar-refractivity contribution in [2.75, 3.05) is 5.32 Å². The molecule has 1 aromatic carbocycles. The molecule has 0 bridgehead atoms. The lowest BCUT2D eigenvalue weighted by Crippen LogP contribution is -2.16. The first-order valence-electron chi connectivity index (χ1n) is 11.5. The Labute approximate surface area is 216 Å². The molecule has 0 amide bonds. The molecule has 0 spiro atoms. The number of alkyl halides is 3. The molecule has 0 fully saturated rings. The van der Waals surface area contributed by atoms with Crippen LogP contribution < -0.4 is 10.6 Å². The van der Waals surface area contributed by atoms with Crippen molar-refractivity contribution in [3.63, 3.8) is 0 Å². The molecule has 0 atom stereocenters. The smallest absolute Gasteiger partial charge is 0.359 e. The minimum Gasteiger partial charge on any atom is -0.359 e. The van der Waals surface area contributed by atoms with Gasteiger partial charge < -0.3 is 10.6 Å². The Balaban J connectivity index is 1.43. The summed E-state index contributed by atoms with van der Waals surface area (Å²) in [7, 11) is 0. The topological polar surface area (TPSA) is 67.1 Å². The van der Waals surface area contributed by atoms with E-state index < -0.39 is 17.6 Å². The summed E-state index contributed by atoms with van der Waals surface area (Å²) in [4.78, 5) is 8.64. The molecule has 3 aromatic heterocycles. The summed E-state index contributed by atoms with van der Waals surface area (Å²) in [6, 6.07) is 10.4. The van der Waals surface area contributed by atoms with Gasteiger partial charge in [-0.15, -0.1) is 0 Å². The molecule has 0 saturated heterocycles. The predicted molar refractivity (Wildman–Crippen MR) is 140 cm³/mol. The number of rotatable bonds is 9. The van der Waals surface area contributed by atoms with E-state index in [9.17, 15) is 17.6 Å². The van der Waals surface area contributed by atoms with Crippen molar-refractivity contribution in [1.82, 2.24) is 24.9 Å². The Morgan fingerprint density at radius 3 is 2.53 bits per heavy atom. The molecule has 0 saturated carbocycles. The van der Waals surface area contributed by atoms with Crippen molar-refractivity contribution in [1.29, 1.82) is 0 Å². The van der Waals surface area contributed by atoms with Gasteiger partial charge in [0.1, 0.15) is 5.82 Å². The van der Waals surface area contributed by atoms with Crippen LogP contribution in [0.25, 0.3) is 16.6 Å². The first-order valence-corrected chi connectivity index (χ1v) is 11.5. The van der Waals surface area contributed by atoms with E-state index in [4.69, 9.17) is 0 Å². The molecule has 2 N–H and O–H groups in total. The molecule has 4 aromatic rings. The summed E-state index contributed by atoms with van der Waals surface area (Å²) >= 11 is 0. The summed E-state index contributed by atoms with van der Waals surface area (Å²) in [6.45, 7) is 8.31. The Morgan fingerprint density at radius 1 is 1.08 bits per heavy atom. The lowest BCUT2D eigenvalue weighted by Gasteiger charge is -2.14. The lowest BCUT2D eigenvalue weighted by molar-refractivity contribution is -0.0913. The van der Waals surface area contributed by atoms with E-state index in [0.717, 1.165) is 24.2 Å². The second-order valence-corrected chi connectivity index (χ2v) is 8.40. The summed E-state index contributed by atoms with van der Waals surface area (Å²) < 4.78 is 55.3. The highest BCUT2D eigenvalue weighted by Gasteiger charge is 2.30. The van der Waals surface area contributed by atoms with E-state index in [2.05, 4.69) is 38.9 Å².